The highest BCUT2D eigenvalue weighted by molar-refractivity contribution is 7.89. The summed E-state index contributed by atoms with van der Waals surface area (Å²) in [5, 5.41) is 15.9. The number of tetrazole rings is 1. The molecule has 9 heteroatoms. The second-order valence-electron chi connectivity index (χ2n) is 8.18. The zero-order valence-electron chi connectivity index (χ0n) is 17.0. The fourth-order valence-electron chi connectivity index (χ4n) is 4.59. The van der Waals surface area contributed by atoms with E-state index in [0.29, 0.717) is 11.7 Å². The molecule has 2 fully saturated rings. The van der Waals surface area contributed by atoms with Gasteiger partial charge in [0.15, 0.2) is 5.82 Å². The minimum absolute atomic E-state index is 0.181. The van der Waals surface area contributed by atoms with Crippen LogP contribution in [0.3, 0.4) is 0 Å². The van der Waals surface area contributed by atoms with Gasteiger partial charge in [-0.15, -0.1) is 5.10 Å². The summed E-state index contributed by atoms with van der Waals surface area (Å²) in [6.07, 6.45) is 9.35. The van der Waals surface area contributed by atoms with Crippen LogP contribution in [0.4, 0.5) is 0 Å². The highest BCUT2D eigenvalue weighted by atomic mass is 32.2. The quantitative estimate of drug-likeness (QED) is 0.746. The van der Waals surface area contributed by atoms with Gasteiger partial charge < -0.3 is 5.32 Å². The maximum absolute atomic E-state index is 12.4. The lowest BCUT2D eigenvalue weighted by molar-refractivity contribution is 0.343. The largest absolute Gasteiger partial charge is 0.315 e. The number of aromatic nitrogens is 4. The molecule has 2 heterocycles. The average Bonchev–Trinajstić information content (AvgIpc) is 3.25. The van der Waals surface area contributed by atoms with E-state index < -0.39 is 10.0 Å². The van der Waals surface area contributed by atoms with E-state index in [4.69, 9.17) is 0 Å². The predicted octanol–water partition coefficient (Wildman–Crippen LogP) is 2.30. The molecule has 2 aromatic rings. The van der Waals surface area contributed by atoms with Crippen molar-refractivity contribution in [3.05, 3.63) is 23.8 Å². The second-order valence-corrected chi connectivity index (χ2v) is 10.1. The van der Waals surface area contributed by atoms with E-state index in [1.54, 1.807) is 12.1 Å². The number of rotatable bonds is 6. The van der Waals surface area contributed by atoms with Crippen LogP contribution in [0.5, 0.6) is 0 Å². The Bertz CT molecular complexity index is 930. The Morgan fingerprint density at radius 3 is 2.72 bits per heavy atom. The number of hydrogen-bond donors (Lipinski definition) is 2. The molecular formula is C20H30N6O2S. The summed E-state index contributed by atoms with van der Waals surface area (Å²) < 4.78 is 29.2. The third-order valence-corrected chi connectivity index (χ3v) is 7.66. The Hall–Kier alpha value is -1.84. The zero-order chi connectivity index (χ0) is 20.3. The summed E-state index contributed by atoms with van der Waals surface area (Å²) in [5.41, 5.74) is 1.97. The van der Waals surface area contributed by atoms with Crippen molar-refractivity contribution in [1.29, 1.82) is 0 Å². The van der Waals surface area contributed by atoms with Crippen LogP contribution < -0.4 is 10.0 Å². The minimum atomic E-state index is -3.54. The first kappa shape index (κ1) is 20.4. The van der Waals surface area contributed by atoms with Crippen molar-refractivity contribution in [3.63, 3.8) is 0 Å². The molecule has 1 aromatic heterocycles. The fourth-order valence-corrected chi connectivity index (χ4v) is 5.34. The normalized spacial score (nSPS) is 21.3. The van der Waals surface area contributed by atoms with Crippen LogP contribution in [0.1, 0.15) is 56.6 Å². The van der Waals surface area contributed by atoms with Crippen molar-refractivity contribution >= 4 is 10.0 Å². The van der Waals surface area contributed by atoms with Gasteiger partial charge in [-0.3, -0.25) is 0 Å². The summed E-state index contributed by atoms with van der Waals surface area (Å²) >= 11 is 0. The molecule has 29 heavy (non-hydrogen) atoms. The molecule has 0 amide bonds. The van der Waals surface area contributed by atoms with Crippen LogP contribution in [-0.2, 0) is 16.4 Å². The van der Waals surface area contributed by atoms with Crippen molar-refractivity contribution in [2.24, 2.45) is 5.92 Å². The number of benzene rings is 1. The molecule has 0 spiro atoms. The van der Waals surface area contributed by atoms with Gasteiger partial charge in [0.05, 0.1) is 10.9 Å². The first-order chi connectivity index (χ1) is 14.1. The standard InChI is InChI=1S/C20H30N6O2S/c1-21-29(27,28)18-10-9-16(12-15-6-3-2-4-7-15)19(13-18)20-23-24-25-26(20)17-8-5-11-22-14-17/h9-10,13,15,17,21-22H,2-8,11-12,14H2,1H3. The molecule has 1 aromatic carbocycles. The second kappa shape index (κ2) is 8.89. The molecule has 158 valence electrons. The van der Waals surface area contributed by atoms with Gasteiger partial charge in [0.1, 0.15) is 0 Å². The Morgan fingerprint density at radius 1 is 1.17 bits per heavy atom. The smallest absolute Gasteiger partial charge is 0.240 e. The van der Waals surface area contributed by atoms with Crippen LogP contribution in [0.2, 0.25) is 0 Å². The lowest BCUT2D eigenvalue weighted by atomic mass is 9.84. The maximum Gasteiger partial charge on any atom is 0.240 e. The van der Waals surface area contributed by atoms with Gasteiger partial charge in [-0.1, -0.05) is 38.2 Å². The molecule has 0 bridgehead atoms. The molecule has 1 unspecified atom stereocenters. The molecule has 1 saturated carbocycles. The third kappa shape index (κ3) is 4.51. The first-order valence-corrected chi connectivity index (χ1v) is 12.1. The summed E-state index contributed by atoms with van der Waals surface area (Å²) in [6.45, 7) is 1.83. The molecule has 8 nitrogen and oxygen atoms in total. The van der Waals surface area contributed by atoms with Crippen LogP contribution in [0.25, 0.3) is 11.4 Å². The van der Waals surface area contributed by atoms with E-state index in [2.05, 4.69) is 25.6 Å². The summed E-state index contributed by atoms with van der Waals surface area (Å²) in [4.78, 5) is 0.249. The van der Waals surface area contributed by atoms with E-state index in [1.165, 1.54) is 39.2 Å². The van der Waals surface area contributed by atoms with Crippen LogP contribution in [0, 0.1) is 5.92 Å². The van der Waals surface area contributed by atoms with Crippen LogP contribution >= 0.6 is 0 Å². The van der Waals surface area contributed by atoms with E-state index in [0.717, 1.165) is 43.5 Å². The summed E-state index contributed by atoms with van der Waals surface area (Å²) in [7, 11) is -2.11. The van der Waals surface area contributed by atoms with Gasteiger partial charge in [-0.05, 0) is 66.9 Å². The SMILES string of the molecule is CNS(=O)(=O)c1ccc(CC2CCCCC2)c(-c2nnnn2C2CCCNC2)c1. The van der Waals surface area contributed by atoms with Gasteiger partial charge in [0.25, 0.3) is 0 Å². The Labute approximate surface area is 172 Å². The predicted molar refractivity (Wildman–Crippen MR) is 111 cm³/mol. The Kier molecular flexibility index (Phi) is 6.26. The van der Waals surface area contributed by atoms with Crippen molar-refractivity contribution in [1.82, 2.24) is 30.2 Å². The molecule has 2 N–H and O–H groups in total. The number of sulfonamides is 1. The molecule has 1 saturated heterocycles. The van der Waals surface area contributed by atoms with Crippen LogP contribution in [0.15, 0.2) is 23.1 Å². The fraction of sp³-hybridized carbons (Fsp3) is 0.650. The number of hydrogen-bond acceptors (Lipinski definition) is 6. The molecule has 1 aliphatic heterocycles. The molecular weight excluding hydrogens is 388 g/mol. The summed E-state index contributed by atoms with van der Waals surface area (Å²) in [5.74, 6) is 1.30. The van der Waals surface area contributed by atoms with Crippen LogP contribution in [-0.4, -0.2) is 48.8 Å². The van der Waals surface area contributed by atoms with Crippen molar-refractivity contribution in [3.8, 4) is 11.4 Å². The maximum atomic E-state index is 12.4. The van der Waals surface area contributed by atoms with E-state index in [-0.39, 0.29) is 10.9 Å². The third-order valence-electron chi connectivity index (χ3n) is 6.24. The summed E-state index contributed by atoms with van der Waals surface area (Å²) in [6, 6.07) is 5.57. The lowest BCUT2D eigenvalue weighted by Crippen LogP contribution is -2.32. The van der Waals surface area contributed by atoms with Crippen molar-refractivity contribution in [2.45, 2.75) is 62.3 Å². The molecule has 2 aliphatic rings. The van der Waals surface area contributed by atoms with E-state index in [1.807, 2.05) is 10.7 Å². The van der Waals surface area contributed by atoms with Crippen molar-refractivity contribution < 1.29 is 8.42 Å². The van der Waals surface area contributed by atoms with Crippen molar-refractivity contribution in [2.75, 3.05) is 20.1 Å². The van der Waals surface area contributed by atoms with Gasteiger partial charge in [-0.2, -0.15) is 0 Å². The highest BCUT2D eigenvalue weighted by Crippen LogP contribution is 2.33. The lowest BCUT2D eigenvalue weighted by Gasteiger charge is -2.25. The van der Waals surface area contributed by atoms with Gasteiger partial charge in [-0.25, -0.2) is 17.8 Å². The van der Waals surface area contributed by atoms with E-state index in [9.17, 15) is 8.42 Å². The molecule has 4 rings (SSSR count). The average molecular weight is 419 g/mol. The Morgan fingerprint density at radius 2 is 2.00 bits per heavy atom. The zero-order valence-corrected chi connectivity index (χ0v) is 17.8. The van der Waals surface area contributed by atoms with E-state index >= 15 is 0 Å². The van der Waals surface area contributed by atoms with Gasteiger partial charge in [0.2, 0.25) is 10.0 Å². The molecule has 1 aliphatic carbocycles. The van der Waals surface area contributed by atoms with Gasteiger partial charge in [0, 0.05) is 12.1 Å². The molecule has 1 atom stereocenters. The number of nitrogens with one attached hydrogen (secondary N) is 2. The molecule has 0 radical (unpaired) electrons. The first-order valence-electron chi connectivity index (χ1n) is 10.6. The van der Waals surface area contributed by atoms with Gasteiger partial charge >= 0.3 is 0 Å². The topological polar surface area (TPSA) is 102 Å². The highest BCUT2D eigenvalue weighted by Gasteiger charge is 2.25. The number of nitrogens with zero attached hydrogens (tertiary/aromatic N) is 4. The minimum Gasteiger partial charge on any atom is -0.315 e. The monoisotopic (exact) mass is 418 g/mol. The number of piperidine rings is 1. The Balaban J connectivity index is 1.75.